The molecule has 1 aliphatic carbocycles. The number of piperazine rings is 1. The number of halogens is 2. The van der Waals surface area contributed by atoms with Crippen LogP contribution in [0.5, 0.6) is 17.6 Å². The zero-order valence-corrected chi connectivity index (χ0v) is 30.2. The lowest BCUT2D eigenvalue weighted by atomic mass is 9.95. The van der Waals surface area contributed by atoms with Gasteiger partial charge in [0.25, 0.3) is 0 Å². The highest BCUT2D eigenvalue weighted by Gasteiger charge is 2.54. The van der Waals surface area contributed by atoms with E-state index in [1.807, 2.05) is 0 Å². The number of hydrogen-bond donors (Lipinski definition) is 2. The number of hydrogen-bond acceptors (Lipinski definition) is 10. The van der Waals surface area contributed by atoms with E-state index in [-0.39, 0.29) is 94.2 Å². The van der Waals surface area contributed by atoms with Crippen molar-refractivity contribution in [3.63, 3.8) is 0 Å². The monoisotopic (exact) mass is 735 g/mol. The molecule has 4 aromatic rings. The second-order valence-corrected chi connectivity index (χ2v) is 16.0. The number of terminal acetylenes is 1. The number of anilines is 1. The van der Waals surface area contributed by atoms with E-state index < -0.39 is 11.6 Å². The molecule has 10 rings (SSSR count). The molecule has 3 saturated heterocycles. The molecule has 2 aromatic heterocycles. The average molecular weight is 736 g/mol. The number of rotatable bonds is 4. The van der Waals surface area contributed by atoms with Crippen LogP contribution in [0.4, 0.5) is 14.6 Å². The SMILES string of the molecule is C#Cc1c(F)ccc2cc(O)cc(-c3nc4c5c6nc(nc5c3F)OC(C3CCCN3C)CCCCC3CN6C(CCO4)CN3C(=O)[C@@H]3N[C@H]3C3CC3)c12. The summed E-state index contributed by atoms with van der Waals surface area (Å²) in [6, 6.07) is 5.66. The number of ether oxygens (including phenoxy) is 2. The number of nitrogens with zero attached hydrogens (tertiary/aromatic N) is 6. The predicted molar refractivity (Wildman–Crippen MR) is 199 cm³/mol. The number of fused-ring (bicyclic) bond motifs is 3. The van der Waals surface area contributed by atoms with Gasteiger partial charge in [-0.1, -0.05) is 18.4 Å². The fraction of sp³-hybridized carbons (Fsp3) is 0.512. The highest BCUT2D eigenvalue weighted by atomic mass is 19.1. The normalized spacial score (nSPS) is 28.2. The molecule has 7 heterocycles. The second kappa shape index (κ2) is 12.9. The van der Waals surface area contributed by atoms with Gasteiger partial charge in [-0.3, -0.25) is 15.0 Å². The molecule has 11 nitrogen and oxygen atoms in total. The molecule has 0 radical (unpaired) electrons. The Kier molecular flexibility index (Phi) is 8.07. The van der Waals surface area contributed by atoms with Crippen molar-refractivity contribution in [3.8, 4) is 41.2 Å². The molecule has 5 aliphatic heterocycles. The van der Waals surface area contributed by atoms with Crippen LogP contribution in [0, 0.1) is 29.9 Å². The number of benzene rings is 2. The first-order valence-electron chi connectivity index (χ1n) is 19.4. The lowest BCUT2D eigenvalue weighted by Crippen LogP contribution is -2.61. The van der Waals surface area contributed by atoms with Crippen LogP contribution in [-0.2, 0) is 4.79 Å². The zero-order valence-electron chi connectivity index (χ0n) is 30.2. The summed E-state index contributed by atoms with van der Waals surface area (Å²) >= 11 is 0. The minimum atomic E-state index is -0.792. The molecule has 6 aliphatic rings. The molecule has 4 unspecified atom stereocenters. The van der Waals surface area contributed by atoms with Gasteiger partial charge in [-0.25, -0.2) is 13.8 Å². The van der Waals surface area contributed by atoms with Gasteiger partial charge in [0.1, 0.15) is 46.1 Å². The summed E-state index contributed by atoms with van der Waals surface area (Å²) in [4.78, 5) is 35.3. The number of aromatic nitrogens is 3. The van der Waals surface area contributed by atoms with Crippen molar-refractivity contribution >= 4 is 33.4 Å². The van der Waals surface area contributed by atoms with Crippen LogP contribution in [0.15, 0.2) is 24.3 Å². The smallest absolute Gasteiger partial charge is 0.319 e. The van der Waals surface area contributed by atoms with Crippen molar-refractivity contribution in [3.05, 3.63) is 41.5 Å². The van der Waals surface area contributed by atoms with E-state index in [0.29, 0.717) is 42.0 Å². The molecule has 0 spiro atoms. The van der Waals surface area contributed by atoms with Crippen molar-refractivity contribution in [1.82, 2.24) is 30.1 Å². The van der Waals surface area contributed by atoms with Gasteiger partial charge in [0.05, 0.1) is 18.2 Å². The van der Waals surface area contributed by atoms with Gasteiger partial charge >= 0.3 is 6.01 Å². The molecule has 1 amide bonds. The van der Waals surface area contributed by atoms with Crippen LogP contribution in [-0.4, -0.2) is 105 Å². The number of phenols is 1. The standard InChI is InChI=1S/C41H43F2N7O4/c1-3-26-28(42)13-12-22-17-25(51)18-27(31(22)26)35-33(43)36-32-38-47-41(46-36)54-30(29-8-6-15-48(29)2)9-5-4-7-23-19-49(38)24(14-16-53-39(32)45-35)20-50(23)40(52)37-34(44-37)21-10-11-21/h1,12-13,17-18,21,23-24,29-30,34,37,44,51H,4-11,14-16,19-20H2,2H3/t23?,24?,29?,30?,34-,37+/m0/s1. The van der Waals surface area contributed by atoms with Crippen molar-refractivity contribution in [2.75, 3.05) is 38.2 Å². The van der Waals surface area contributed by atoms with Crippen LogP contribution in [0.1, 0.15) is 63.4 Å². The Labute approximate surface area is 312 Å². The van der Waals surface area contributed by atoms with E-state index in [4.69, 9.17) is 30.8 Å². The van der Waals surface area contributed by atoms with Gasteiger partial charge in [0.15, 0.2) is 5.82 Å². The Morgan fingerprint density at radius 2 is 1.85 bits per heavy atom. The maximum absolute atomic E-state index is 17.4. The summed E-state index contributed by atoms with van der Waals surface area (Å²) in [6.45, 7) is 2.22. The summed E-state index contributed by atoms with van der Waals surface area (Å²) < 4.78 is 45.7. The number of likely N-dealkylation sites (tertiary alicyclic amines) is 1. The van der Waals surface area contributed by atoms with Gasteiger partial charge in [0.2, 0.25) is 11.8 Å². The summed E-state index contributed by atoms with van der Waals surface area (Å²) in [6.07, 6.45) is 13.9. The van der Waals surface area contributed by atoms with Crippen molar-refractivity contribution < 1.29 is 28.2 Å². The first-order valence-corrected chi connectivity index (χ1v) is 19.4. The van der Waals surface area contributed by atoms with E-state index in [0.717, 1.165) is 45.1 Å². The Balaban J connectivity index is 1.15. The average Bonchev–Trinajstić information content (AvgIpc) is 4.09. The van der Waals surface area contributed by atoms with Gasteiger partial charge < -0.3 is 24.4 Å². The molecule has 1 saturated carbocycles. The third kappa shape index (κ3) is 5.59. The van der Waals surface area contributed by atoms with E-state index in [1.54, 1.807) is 0 Å². The minimum absolute atomic E-state index is 0.0501. The largest absolute Gasteiger partial charge is 0.508 e. The van der Waals surface area contributed by atoms with E-state index >= 15 is 8.78 Å². The van der Waals surface area contributed by atoms with E-state index in [9.17, 15) is 9.90 Å². The molecule has 2 aromatic carbocycles. The number of aromatic hydroxyl groups is 1. The number of pyridine rings is 1. The molecule has 280 valence electrons. The third-order valence-electron chi connectivity index (χ3n) is 12.7. The van der Waals surface area contributed by atoms with Crippen molar-refractivity contribution in [2.24, 2.45) is 5.92 Å². The number of carbonyl (C=O) groups excluding carboxylic acids is 1. The fourth-order valence-electron chi connectivity index (χ4n) is 9.68. The molecule has 2 N–H and O–H groups in total. The minimum Gasteiger partial charge on any atom is -0.508 e. The number of amides is 1. The summed E-state index contributed by atoms with van der Waals surface area (Å²) in [5, 5.41) is 15.2. The van der Waals surface area contributed by atoms with Crippen molar-refractivity contribution in [2.45, 2.75) is 94.1 Å². The summed E-state index contributed by atoms with van der Waals surface area (Å²) in [5.41, 5.74) is -0.184. The third-order valence-corrected chi connectivity index (χ3v) is 12.7. The molecule has 6 atom stereocenters. The number of carbonyl (C=O) groups is 1. The molecule has 4 fully saturated rings. The molecular formula is C41H43F2N7O4. The Bertz CT molecular complexity index is 2240. The topological polar surface area (TPSA) is 126 Å². The fourth-order valence-corrected chi connectivity index (χ4v) is 9.68. The van der Waals surface area contributed by atoms with Crippen LogP contribution in [0.3, 0.4) is 0 Å². The maximum atomic E-state index is 17.4. The Morgan fingerprint density at radius 1 is 1.00 bits per heavy atom. The Hall–Kier alpha value is -4.80. The second-order valence-electron chi connectivity index (χ2n) is 16.0. The summed E-state index contributed by atoms with van der Waals surface area (Å²) in [7, 11) is 2.11. The van der Waals surface area contributed by atoms with Crippen molar-refractivity contribution in [1.29, 1.82) is 0 Å². The van der Waals surface area contributed by atoms with E-state index in [1.165, 1.54) is 37.1 Å². The molecular weight excluding hydrogens is 692 g/mol. The maximum Gasteiger partial charge on any atom is 0.319 e. The van der Waals surface area contributed by atoms with Gasteiger partial charge in [0, 0.05) is 48.6 Å². The number of likely N-dealkylation sites (N-methyl/N-ethyl adjacent to an activating group) is 1. The number of phenolic OH excluding ortho intramolecular Hbond substituents is 1. The molecule has 54 heavy (non-hydrogen) atoms. The highest BCUT2D eigenvalue weighted by Crippen LogP contribution is 2.45. The molecule has 4 bridgehead atoms. The van der Waals surface area contributed by atoms with E-state index in [2.05, 4.69) is 33.0 Å². The number of nitrogens with one attached hydrogen (secondary N) is 1. The quantitative estimate of drug-likeness (QED) is 0.215. The lowest BCUT2D eigenvalue weighted by molar-refractivity contribution is -0.134. The van der Waals surface area contributed by atoms with Gasteiger partial charge in [-0.05, 0) is 88.0 Å². The highest BCUT2D eigenvalue weighted by molar-refractivity contribution is 6.04. The van der Waals surface area contributed by atoms with Crippen LogP contribution >= 0.6 is 0 Å². The van der Waals surface area contributed by atoms with Crippen LogP contribution in [0.25, 0.3) is 32.9 Å². The lowest BCUT2D eigenvalue weighted by Gasteiger charge is -2.48. The summed E-state index contributed by atoms with van der Waals surface area (Å²) in [5.74, 6) is 2.17. The zero-order chi connectivity index (χ0) is 36.8. The van der Waals surface area contributed by atoms with Gasteiger partial charge in [-0.2, -0.15) is 9.97 Å². The Morgan fingerprint density at radius 3 is 2.65 bits per heavy atom. The molecule has 13 heteroatoms. The van der Waals surface area contributed by atoms with Gasteiger partial charge in [-0.15, -0.1) is 6.42 Å². The van der Waals surface area contributed by atoms with Crippen LogP contribution in [0.2, 0.25) is 0 Å². The first kappa shape index (κ1) is 33.7. The van der Waals surface area contributed by atoms with Crippen LogP contribution < -0.4 is 19.7 Å². The predicted octanol–water partition coefficient (Wildman–Crippen LogP) is 5.14. The first-order chi connectivity index (χ1) is 26.3.